The van der Waals surface area contributed by atoms with Gasteiger partial charge in [-0.25, -0.2) is 4.68 Å². The SMILES string of the molecule is CC(C)C(C)NC(=O)Cn1[nH]c(=O)c2ccccc2c1=O. The first-order chi connectivity index (χ1) is 9.90. The molecule has 1 amide bonds. The fourth-order valence-corrected chi connectivity index (χ4v) is 1.97. The van der Waals surface area contributed by atoms with E-state index in [4.69, 9.17) is 0 Å². The molecule has 0 bridgehead atoms. The molecule has 6 nitrogen and oxygen atoms in total. The number of aromatic amines is 1. The third-order valence-corrected chi connectivity index (χ3v) is 3.57. The Morgan fingerprint density at radius 3 is 2.43 bits per heavy atom. The third-order valence-electron chi connectivity index (χ3n) is 3.57. The Labute approximate surface area is 121 Å². The number of carbonyl (C=O) groups is 1. The number of aromatic nitrogens is 2. The summed E-state index contributed by atoms with van der Waals surface area (Å²) in [6, 6.07) is 6.55. The second kappa shape index (κ2) is 5.95. The van der Waals surface area contributed by atoms with Crippen LogP contribution in [0.1, 0.15) is 20.8 Å². The van der Waals surface area contributed by atoms with E-state index in [0.717, 1.165) is 4.68 Å². The van der Waals surface area contributed by atoms with Crippen molar-refractivity contribution in [3.05, 3.63) is 45.0 Å². The van der Waals surface area contributed by atoms with Crippen LogP contribution in [0.15, 0.2) is 33.9 Å². The summed E-state index contributed by atoms with van der Waals surface area (Å²) in [5.41, 5.74) is -0.757. The van der Waals surface area contributed by atoms with Gasteiger partial charge in [0.25, 0.3) is 11.1 Å². The number of carbonyl (C=O) groups excluding carboxylic acids is 1. The Morgan fingerprint density at radius 1 is 1.19 bits per heavy atom. The quantitative estimate of drug-likeness (QED) is 0.875. The van der Waals surface area contributed by atoms with Gasteiger partial charge in [-0.3, -0.25) is 19.5 Å². The molecule has 1 aromatic carbocycles. The first-order valence-electron chi connectivity index (χ1n) is 6.91. The highest BCUT2D eigenvalue weighted by Crippen LogP contribution is 2.02. The monoisotopic (exact) mass is 289 g/mol. The molecule has 0 aliphatic rings. The van der Waals surface area contributed by atoms with Crippen molar-refractivity contribution in [1.29, 1.82) is 0 Å². The molecular weight excluding hydrogens is 270 g/mol. The Morgan fingerprint density at radius 2 is 1.81 bits per heavy atom. The zero-order chi connectivity index (χ0) is 15.6. The fourth-order valence-electron chi connectivity index (χ4n) is 1.97. The molecule has 0 aliphatic carbocycles. The third kappa shape index (κ3) is 3.21. The molecule has 0 aliphatic heterocycles. The molecule has 6 heteroatoms. The molecule has 0 fully saturated rings. The minimum atomic E-state index is -0.380. The molecule has 1 aromatic heterocycles. The van der Waals surface area contributed by atoms with Crippen LogP contribution in [0, 0.1) is 5.92 Å². The molecule has 0 spiro atoms. The molecule has 2 N–H and O–H groups in total. The lowest BCUT2D eigenvalue weighted by Crippen LogP contribution is -2.41. The zero-order valence-electron chi connectivity index (χ0n) is 12.3. The first kappa shape index (κ1) is 15.0. The number of H-pyrrole nitrogens is 1. The molecule has 0 radical (unpaired) electrons. The van der Waals surface area contributed by atoms with E-state index >= 15 is 0 Å². The van der Waals surface area contributed by atoms with Gasteiger partial charge in [0.15, 0.2) is 0 Å². The predicted molar refractivity (Wildman–Crippen MR) is 81.3 cm³/mol. The van der Waals surface area contributed by atoms with Crippen LogP contribution >= 0.6 is 0 Å². The average molecular weight is 289 g/mol. The summed E-state index contributed by atoms with van der Waals surface area (Å²) in [5, 5.41) is 5.88. The lowest BCUT2D eigenvalue weighted by molar-refractivity contribution is -0.122. The van der Waals surface area contributed by atoms with Gasteiger partial charge >= 0.3 is 0 Å². The predicted octanol–water partition coefficient (Wildman–Crippen LogP) is 0.850. The lowest BCUT2D eigenvalue weighted by atomic mass is 10.1. The molecule has 2 rings (SSSR count). The number of rotatable bonds is 4. The summed E-state index contributed by atoms with van der Waals surface area (Å²) in [5.74, 6) is -0.00874. The Kier molecular flexibility index (Phi) is 4.26. The Bertz CT molecular complexity index is 774. The molecule has 1 heterocycles. The normalized spacial score (nSPS) is 12.6. The molecule has 2 aromatic rings. The van der Waals surface area contributed by atoms with Gasteiger partial charge in [-0.1, -0.05) is 26.0 Å². The molecule has 1 atom stereocenters. The molecule has 112 valence electrons. The van der Waals surface area contributed by atoms with Crippen molar-refractivity contribution < 1.29 is 4.79 Å². The van der Waals surface area contributed by atoms with E-state index in [1.165, 1.54) is 0 Å². The van der Waals surface area contributed by atoms with Crippen LogP contribution in [-0.4, -0.2) is 21.7 Å². The van der Waals surface area contributed by atoms with E-state index in [0.29, 0.717) is 16.7 Å². The number of amides is 1. The molecule has 0 saturated heterocycles. The maximum atomic E-state index is 12.2. The lowest BCUT2D eigenvalue weighted by Gasteiger charge is -2.17. The second-order valence-electron chi connectivity index (χ2n) is 5.48. The minimum absolute atomic E-state index is 0.000352. The van der Waals surface area contributed by atoms with E-state index in [1.807, 2.05) is 20.8 Å². The fraction of sp³-hybridized carbons (Fsp3) is 0.400. The highest BCUT2D eigenvalue weighted by Gasteiger charge is 2.13. The number of benzene rings is 1. The summed E-state index contributed by atoms with van der Waals surface area (Å²) in [6.07, 6.45) is 0. The Balaban J connectivity index is 2.32. The van der Waals surface area contributed by atoms with Crippen molar-refractivity contribution >= 4 is 16.7 Å². The largest absolute Gasteiger partial charge is 0.352 e. The minimum Gasteiger partial charge on any atom is -0.352 e. The topological polar surface area (TPSA) is 84.0 Å². The van der Waals surface area contributed by atoms with Crippen molar-refractivity contribution in [2.24, 2.45) is 5.92 Å². The molecule has 1 unspecified atom stereocenters. The molecular formula is C15H19N3O3. The number of nitrogens with one attached hydrogen (secondary N) is 2. The first-order valence-corrected chi connectivity index (χ1v) is 6.91. The van der Waals surface area contributed by atoms with Crippen LogP contribution in [0.4, 0.5) is 0 Å². The average Bonchev–Trinajstić information content (AvgIpc) is 2.44. The van der Waals surface area contributed by atoms with Crippen molar-refractivity contribution in [2.45, 2.75) is 33.4 Å². The van der Waals surface area contributed by atoms with Crippen LogP contribution in [0.5, 0.6) is 0 Å². The van der Waals surface area contributed by atoms with Gasteiger partial charge in [-0.2, -0.15) is 0 Å². The van der Waals surface area contributed by atoms with E-state index in [1.54, 1.807) is 24.3 Å². The van der Waals surface area contributed by atoms with Crippen molar-refractivity contribution in [3.63, 3.8) is 0 Å². The number of nitrogens with zero attached hydrogens (tertiary/aromatic N) is 1. The zero-order valence-corrected chi connectivity index (χ0v) is 12.3. The molecule has 21 heavy (non-hydrogen) atoms. The Hall–Kier alpha value is -2.37. The summed E-state index contributed by atoms with van der Waals surface area (Å²) >= 11 is 0. The molecule has 0 saturated carbocycles. The standard InChI is InChI=1S/C15H19N3O3/c1-9(2)10(3)16-13(19)8-18-15(21)12-7-5-4-6-11(12)14(20)17-18/h4-7,9-10H,8H2,1-3H3,(H,16,19)(H,17,20). The van der Waals surface area contributed by atoms with Crippen LogP contribution in [0.2, 0.25) is 0 Å². The van der Waals surface area contributed by atoms with Gasteiger partial charge in [0.1, 0.15) is 6.54 Å². The van der Waals surface area contributed by atoms with Crippen LogP contribution < -0.4 is 16.4 Å². The number of hydrogen-bond donors (Lipinski definition) is 2. The van der Waals surface area contributed by atoms with Gasteiger partial charge in [0, 0.05) is 6.04 Å². The number of fused-ring (bicyclic) bond motifs is 1. The summed E-state index contributed by atoms with van der Waals surface area (Å²) in [4.78, 5) is 36.1. The smallest absolute Gasteiger partial charge is 0.273 e. The van der Waals surface area contributed by atoms with E-state index < -0.39 is 0 Å². The maximum absolute atomic E-state index is 12.2. The highest BCUT2D eigenvalue weighted by molar-refractivity contribution is 5.81. The van der Waals surface area contributed by atoms with Crippen molar-refractivity contribution in [1.82, 2.24) is 15.1 Å². The van der Waals surface area contributed by atoms with Gasteiger partial charge in [0.05, 0.1) is 10.8 Å². The van der Waals surface area contributed by atoms with Crippen LogP contribution in [-0.2, 0) is 11.3 Å². The van der Waals surface area contributed by atoms with Gasteiger partial charge in [-0.15, -0.1) is 0 Å². The number of hydrogen-bond acceptors (Lipinski definition) is 3. The summed E-state index contributed by atoms with van der Waals surface area (Å²) in [7, 11) is 0. The summed E-state index contributed by atoms with van der Waals surface area (Å²) < 4.78 is 1.05. The highest BCUT2D eigenvalue weighted by atomic mass is 16.2. The van der Waals surface area contributed by atoms with Crippen LogP contribution in [0.25, 0.3) is 10.8 Å². The van der Waals surface area contributed by atoms with Crippen LogP contribution in [0.3, 0.4) is 0 Å². The van der Waals surface area contributed by atoms with Crippen molar-refractivity contribution in [2.75, 3.05) is 0 Å². The summed E-state index contributed by atoms with van der Waals surface area (Å²) in [6.45, 7) is 5.69. The van der Waals surface area contributed by atoms with E-state index in [-0.39, 0.29) is 29.6 Å². The van der Waals surface area contributed by atoms with Gasteiger partial charge in [0.2, 0.25) is 5.91 Å². The van der Waals surface area contributed by atoms with E-state index in [9.17, 15) is 14.4 Å². The maximum Gasteiger partial charge on any atom is 0.273 e. The van der Waals surface area contributed by atoms with E-state index in [2.05, 4.69) is 10.4 Å². The van der Waals surface area contributed by atoms with Gasteiger partial charge < -0.3 is 5.32 Å². The van der Waals surface area contributed by atoms with Crippen molar-refractivity contribution in [3.8, 4) is 0 Å². The second-order valence-corrected chi connectivity index (χ2v) is 5.48. The van der Waals surface area contributed by atoms with Gasteiger partial charge in [-0.05, 0) is 25.0 Å².